The molecule has 2 atom stereocenters. The largest absolute Gasteiger partial charge is 4.00 e. The molecule has 0 saturated heterocycles. The summed E-state index contributed by atoms with van der Waals surface area (Å²) in [6, 6.07) is 51.4. The topological polar surface area (TPSA) is 26.3 Å². The van der Waals surface area contributed by atoms with Crippen LogP contribution in [0.25, 0.3) is 56.0 Å². The Morgan fingerprint density at radius 1 is 0.434 bits per heavy atom. The molecule has 2 aromatic heterocycles. The van der Waals surface area contributed by atoms with Gasteiger partial charge in [0.1, 0.15) is 11.5 Å². The van der Waals surface area contributed by atoms with Crippen molar-refractivity contribution >= 4 is 33.7 Å². The number of hydrogen-bond donors (Lipinski definition) is 0. The Labute approximate surface area is 342 Å². The molecule has 6 aromatic carbocycles. The van der Waals surface area contributed by atoms with E-state index in [0.29, 0.717) is 0 Å². The van der Waals surface area contributed by atoms with Crippen LogP contribution in [-0.4, -0.2) is 0 Å². The van der Waals surface area contributed by atoms with Crippen molar-refractivity contribution in [1.29, 1.82) is 0 Å². The fraction of sp³-hybridized carbons (Fsp3) is 0.0833. The average Bonchev–Trinajstić information content (AvgIpc) is 3.98. The molecule has 0 saturated carbocycles. The first kappa shape index (κ1) is 38.1. The first-order chi connectivity index (χ1) is 24.6. The molecule has 5 heteroatoms. The van der Waals surface area contributed by atoms with Crippen LogP contribution in [0.3, 0.4) is 0 Å². The maximum Gasteiger partial charge on any atom is 4.00 e. The van der Waals surface area contributed by atoms with Crippen molar-refractivity contribution in [3.05, 3.63) is 203 Å². The van der Waals surface area contributed by atoms with E-state index in [9.17, 15) is 0 Å². The van der Waals surface area contributed by atoms with Gasteiger partial charge in [-0.25, -0.2) is 12.2 Å². The third kappa shape index (κ3) is 7.32. The molecule has 53 heavy (non-hydrogen) atoms. The summed E-state index contributed by atoms with van der Waals surface area (Å²) in [5.41, 5.74) is 10.0. The normalized spacial score (nSPS) is 14.8. The van der Waals surface area contributed by atoms with Gasteiger partial charge in [-0.3, -0.25) is 12.2 Å². The SMILES string of the molecule is Cc1ccc(C2[C-]=Cc3c(-c4ccc5ccccc5c4)cccc32)o1.Cc1ccc(C2[C-]=Cc3c(-c4ccc5ccccc5c4)cccc32)o1.[Cl-].[Cl-].[Zr+4]. The minimum Gasteiger partial charge on any atom is -1.00 e. The predicted octanol–water partition coefficient (Wildman–Crippen LogP) is 6.75. The molecule has 0 N–H and O–H groups in total. The second-order valence-corrected chi connectivity index (χ2v) is 13.1. The average molecular weight is 805 g/mol. The molecule has 2 nitrogen and oxygen atoms in total. The van der Waals surface area contributed by atoms with Crippen molar-refractivity contribution in [1.82, 2.24) is 0 Å². The maximum absolute atomic E-state index is 5.85. The summed E-state index contributed by atoms with van der Waals surface area (Å²) in [4.78, 5) is 0. The quantitative estimate of drug-likeness (QED) is 0.184. The number of aryl methyl sites for hydroxylation is 2. The molecule has 10 rings (SSSR count). The minimum atomic E-state index is 0. The number of rotatable bonds is 4. The molecule has 2 aliphatic carbocycles. The summed E-state index contributed by atoms with van der Waals surface area (Å²) in [5, 5.41) is 5.07. The van der Waals surface area contributed by atoms with Crippen molar-refractivity contribution in [2.75, 3.05) is 0 Å². The van der Waals surface area contributed by atoms with E-state index in [1.165, 1.54) is 66.1 Å². The van der Waals surface area contributed by atoms with E-state index in [0.717, 1.165) is 23.0 Å². The van der Waals surface area contributed by atoms with Gasteiger partial charge in [0.15, 0.2) is 0 Å². The Morgan fingerprint density at radius 2 is 0.849 bits per heavy atom. The van der Waals surface area contributed by atoms with Crippen LogP contribution in [0.2, 0.25) is 0 Å². The number of hydrogen-bond acceptors (Lipinski definition) is 2. The second-order valence-electron chi connectivity index (χ2n) is 13.1. The Hall–Kier alpha value is -4.66. The molecule has 0 bridgehead atoms. The third-order valence-electron chi connectivity index (χ3n) is 9.90. The van der Waals surface area contributed by atoms with Crippen molar-refractivity contribution < 1.29 is 59.9 Å². The molecule has 0 fully saturated rings. The Bertz CT molecular complexity index is 2430. The van der Waals surface area contributed by atoms with Gasteiger partial charge in [-0.05, 0) is 94.8 Å². The molecule has 2 heterocycles. The van der Waals surface area contributed by atoms with Crippen LogP contribution in [-0.2, 0) is 26.2 Å². The molecule has 0 aliphatic heterocycles. The summed E-state index contributed by atoms with van der Waals surface area (Å²) in [6.45, 7) is 3.96. The van der Waals surface area contributed by atoms with Crippen molar-refractivity contribution in [2.45, 2.75) is 25.7 Å². The summed E-state index contributed by atoms with van der Waals surface area (Å²) >= 11 is 0. The Morgan fingerprint density at radius 3 is 1.25 bits per heavy atom. The number of furan rings is 2. The van der Waals surface area contributed by atoms with Crippen LogP contribution >= 0.6 is 0 Å². The van der Waals surface area contributed by atoms with Gasteiger partial charge in [-0.2, -0.15) is 11.1 Å². The zero-order chi connectivity index (χ0) is 33.6. The molecule has 0 amide bonds. The van der Waals surface area contributed by atoms with E-state index in [1.807, 2.05) is 26.0 Å². The van der Waals surface area contributed by atoms with Crippen molar-refractivity contribution in [3.8, 4) is 22.3 Å². The van der Waals surface area contributed by atoms with E-state index in [-0.39, 0.29) is 62.9 Å². The van der Waals surface area contributed by atoms with Crippen LogP contribution in [0.15, 0.2) is 154 Å². The monoisotopic (exact) mass is 802 g/mol. The van der Waals surface area contributed by atoms with E-state index in [2.05, 4.69) is 158 Å². The molecular formula is C48H34Cl2O2Zr. The van der Waals surface area contributed by atoms with Gasteiger partial charge in [-0.15, -0.1) is 11.1 Å². The minimum absolute atomic E-state index is 0. The molecular weight excluding hydrogens is 771 g/mol. The van der Waals surface area contributed by atoms with Gasteiger partial charge in [0, 0.05) is 0 Å². The van der Waals surface area contributed by atoms with Crippen LogP contribution < -0.4 is 24.8 Å². The predicted molar refractivity (Wildman–Crippen MR) is 205 cm³/mol. The molecule has 8 aromatic rings. The summed E-state index contributed by atoms with van der Waals surface area (Å²) in [6.07, 6.45) is 11.2. The first-order valence-electron chi connectivity index (χ1n) is 17.1. The van der Waals surface area contributed by atoms with Crippen molar-refractivity contribution in [3.63, 3.8) is 0 Å². The van der Waals surface area contributed by atoms with Gasteiger partial charge < -0.3 is 33.6 Å². The van der Waals surface area contributed by atoms with Crippen LogP contribution in [0.5, 0.6) is 0 Å². The van der Waals surface area contributed by atoms with Crippen LogP contribution in [0.1, 0.15) is 57.1 Å². The number of benzene rings is 6. The molecule has 0 spiro atoms. The van der Waals surface area contributed by atoms with Gasteiger partial charge in [0.05, 0.1) is 11.5 Å². The molecule has 0 radical (unpaired) electrons. The summed E-state index contributed by atoms with van der Waals surface area (Å²) in [5.74, 6) is 3.98. The summed E-state index contributed by atoms with van der Waals surface area (Å²) < 4.78 is 11.7. The fourth-order valence-electron chi connectivity index (χ4n) is 7.41. The standard InChI is InChI=1S/2C24H17O.2ClH.Zr/c2*1-16-9-14-24(25-16)23-13-12-22-20(7-4-8-21(22)23)19-11-10-17-5-2-3-6-18(17)15-19;;;/h2*2-12,14-15,23H,1H3;2*1H;/q2*-1;;;+4/p-2. The maximum atomic E-state index is 5.85. The van der Waals surface area contributed by atoms with Crippen LogP contribution in [0.4, 0.5) is 0 Å². The smallest absolute Gasteiger partial charge is 1.00 e. The zero-order valence-electron chi connectivity index (χ0n) is 29.2. The van der Waals surface area contributed by atoms with Gasteiger partial charge >= 0.3 is 26.2 Å². The third-order valence-corrected chi connectivity index (χ3v) is 9.90. The van der Waals surface area contributed by atoms with Gasteiger partial charge in [0.2, 0.25) is 0 Å². The second kappa shape index (κ2) is 16.2. The molecule has 2 aliphatic rings. The summed E-state index contributed by atoms with van der Waals surface area (Å²) in [7, 11) is 0. The molecule has 256 valence electrons. The Balaban J connectivity index is 0.000000172. The molecule has 2 unspecified atom stereocenters. The number of allylic oxidation sites excluding steroid dienone is 2. The number of fused-ring (bicyclic) bond motifs is 4. The zero-order valence-corrected chi connectivity index (χ0v) is 33.2. The van der Waals surface area contributed by atoms with E-state index < -0.39 is 0 Å². The van der Waals surface area contributed by atoms with E-state index in [4.69, 9.17) is 8.83 Å². The van der Waals surface area contributed by atoms with Gasteiger partial charge in [0.25, 0.3) is 0 Å². The fourth-order valence-corrected chi connectivity index (χ4v) is 7.41. The van der Waals surface area contributed by atoms with Crippen molar-refractivity contribution in [2.24, 2.45) is 0 Å². The van der Waals surface area contributed by atoms with Crippen LogP contribution in [0, 0.1) is 26.0 Å². The van der Waals surface area contributed by atoms with Gasteiger partial charge in [-0.1, -0.05) is 120 Å². The number of halogens is 2. The van der Waals surface area contributed by atoms with E-state index >= 15 is 0 Å². The first-order valence-corrected chi connectivity index (χ1v) is 17.1. The van der Waals surface area contributed by atoms with E-state index in [1.54, 1.807) is 0 Å². The Kier molecular flexibility index (Phi) is 11.6.